The van der Waals surface area contributed by atoms with E-state index in [4.69, 9.17) is 4.42 Å². The van der Waals surface area contributed by atoms with Crippen molar-refractivity contribution in [3.8, 4) is 0 Å². The average Bonchev–Trinajstić information content (AvgIpc) is 3.04. The number of benzene rings is 1. The Hall–Kier alpha value is -1.25. The van der Waals surface area contributed by atoms with Gasteiger partial charge in [-0.25, -0.2) is 21.5 Å². The largest absolute Gasteiger partial charge is 0.506 e. The van der Waals surface area contributed by atoms with E-state index < -0.39 is 33.7 Å². The van der Waals surface area contributed by atoms with Crippen molar-refractivity contribution in [3.63, 3.8) is 0 Å². The molecule has 1 aromatic heterocycles. The van der Waals surface area contributed by atoms with E-state index >= 15 is 0 Å². The smallest absolute Gasteiger partial charge is 0.271 e. The number of aryl methyl sites for hydroxylation is 1. The van der Waals surface area contributed by atoms with E-state index in [1.54, 1.807) is 25.1 Å². The van der Waals surface area contributed by atoms with Crippen LogP contribution in [0.15, 0.2) is 41.0 Å². The fraction of sp³-hybridized carbons (Fsp3) is 0.278. The predicted octanol–water partition coefficient (Wildman–Crippen LogP) is 4.86. The zero-order valence-electron chi connectivity index (χ0n) is 15.6. The van der Waals surface area contributed by atoms with Crippen LogP contribution in [-0.2, 0) is 42.7 Å². The molecule has 2 heterocycles. The van der Waals surface area contributed by atoms with Crippen LogP contribution in [0.1, 0.15) is 30.5 Å². The molecular weight excluding hydrogens is 453 g/mol. The summed E-state index contributed by atoms with van der Waals surface area (Å²) in [5.41, 5.74) is 0.927. The van der Waals surface area contributed by atoms with Crippen LogP contribution in [0.5, 0.6) is 0 Å². The van der Waals surface area contributed by atoms with Gasteiger partial charge in [0.1, 0.15) is 10.7 Å². The van der Waals surface area contributed by atoms with Crippen LogP contribution in [0.25, 0.3) is 10.7 Å². The second-order valence-electron chi connectivity index (χ2n) is 5.06. The third kappa shape index (κ3) is 4.78. The third-order valence-electron chi connectivity index (χ3n) is 3.58. The third-order valence-corrected chi connectivity index (χ3v) is 5.41. The molecule has 2 aromatic rings. The Morgan fingerprint density at radius 3 is 2.30 bits per heavy atom. The molecule has 0 fully saturated rings. The predicted molar refractivity (Wildman–Crippen MR) is 99.4 cm³/mol. The summed E-state index contributed by atoms with van der Waals surface area (Å²) >= 11 is 0. The van der Waals surface area contributed by atoms with Crippen LogP contribution in [0, 0.1) is 14.4 Å². The van der Waals surface area contributed by atoms with Crippen molar-refractivity contribution in [2.45, 2.75) is 27.2 Å². The average molecular weight is 475 g/mol. The summed E-state index contributed by atoms with van der Waals surface area (Å²) in [6.07, 6.45) is -1.74. The Labute approximate surface area is 184 Å². The van der Waals surface area contributed by atoms with E-state index in [2.05, 4.69) is 0 Å². The number of anilines is 1. The first-order valence-corrected chi connectivity index (χ1v) is 9.16. The van der Waals surface area contributed by atoms with Crippen molar-refractivity contribution < 1.29 is 59.4 Å². The second kappa shape index (κ2) is 10.3. The molecule has 0 saturated heterocycles. The first kappa shape index (κ1) is 25.8. The van der Waals surface area contributed by atoms with Crippen molar-refractivity contribution in [2.24, 2.45) is 0 Å². The van der Waals surface area contributed by atoms with Crippen LogP contribution in [0.2, 0.25) is 0 Å². The van der Waals surface area contributed by atoms with E-state index in [1.165, 1.54) is 12.1 Å². The van der Waals surface area contributed by atoms with Gasteiger partial charge in [-0.05, 0) is 18.6 Å². The van der Waals surface area contributed by atoms with Crippen molar-refractivity contribution in [1.82, 2.24) is 0 Å². The zero-order chi connectivity index (χ0) is 18.8. The SMILES string of the molecule is CC.Cc1ccccc1C1=C(O)c2ccoc2N(CC(F)F)S1(=O)=O.[CH3-].[Y]. The molecule has 0 atom stereocenters. The maximum Gasteiger partial charge on any atom is 0.271 e. The number of furan rings is 1. The Balaban J connectivity index is 0.00000164. The maximum atomic E-state index is 12.8. The molecule has 0 saturated carbocycles. The Bertz CT molecular complexity index is 894. The van der Waals surface area contributed by atoms with Gasteiger partial charge in [0.2, 0.25) is 5.88 Å². The van der Waals surface area contributed by atoms with E-state index in [1.807, 2.05) is 13.8 Å². The number of hydrogen-bond donors (Lipinski definition) is 1. The van der Waals surface area contributed by atoms with Crippen molar-refractivity contribution in [2.75, 3.05) is 10.8 Å². The van der Waals surface area contributed by atoms with E-state index in [0.29, 0.717) is 9.87 Å². The standard InChI is InChI=1S/C15H13F2NO4S.C2H6.CH3.Y/c1-9-4-2-3-5-10(9)14-13(19)11-6-7-22-15(11)18(8-12(16)17)23(14,20)21;1-2;;/h2-7,12,19H,8H2,1H3;1-2H3;1H3;/q;;-1;. The van der Waals surface area contributed by atoms with Gasteiger partial charge in [0.05, 0.1) is 18.4 Å². The molecular formula is C18H22F2NO4SY-. The van der Waals surface area contributed by atoms with Gasteiger partial charge in [-0.3, -0.25) is 0 Å². The minimum Gasteiger partial charge on any atom is -0.506 e. The molecule has 9 heteroatoms. The summed E-state index contributed by atoms with van der Waals surface area (Å²) < 4.78 is 56.8. The Morgan fingerprint density at radius 1 is 1.15 bits per heavy atom. The molecule has 0 unspecified atom stereocenters. The van der Waals surface area contributed by atoms with Crippen LogP contribution in [0.3, 0.4) is 0 Å². The van der Waals surface area contributed by atoms with Gasteiger partial charge in [-0.1, -0.05) is 38.1 Å². The number of aliphatic hydroxyl groups excluding tert-OH is 1. The van der Waals surface area contributed by atoms with Crippen molar-refractivity contribution in [3.05, 3.63) is 60.7 Å². The Kier molecular flexibility index (Phi) is 9.86. The normalized spacial score (nSPS) is 14.5. The second-order valence-corrected chi connectivity index (χ2v) is 6.86. The van der Waals surface area contributed by atoms with E-state index in [0.717, 1.165) is 6.26 Å². The van der Waals surface area contributed by atoms with Crippen LogP contribution in [-0.4, -0.2) is 26.5 Å². The molecule has 1 aromatic carbocycles. The fourth-order valence-corrected chi connectivity index (χ4v) is 4.29. The quantitative estimate of drug-likeness (QED) is 0.644. The summed E-state index contributed by atoms with van der Waals surface area (Å²) in [5.74, 6) is -0.811. The number of nitrogens with zero attached hydrogens (tertiary/aromatic N) is 1. The molecule has 0 spiro atoms. The first-order valence-electron chi connectivity index (χ1n) is 7.72. The maximum absolute atomic E-state index is 12.8. The summed E-state index contributed by atoms with van der Waals surface area (Å²) in [6, 6.07) is 7.86. The number of aliphatic hydroxyl groups is 1. The minimum atomic E-state index is -4.38. The Morgan fingerprint density at radius 2 is 1.74 bits per heavy atom. The number of alkyl halides is 2. The molecule has 1 radical (unpaired) electrons. The molecule has 147 valence electrons. The van der Waals surface area contributed by atoms with Crippen molar-refractivity contribution in [1.29, 1.82) is 0 Å². The van der Waals surface area contributed by atoms with Crippen molar-refractivity contribution >= 4 is 26.6 Å². The molecule has 27 heavy (non-hydrogen) atoms. The first-order chi connectivity index (χ1) is 11.8. The van der Waals surface area contributed by atoms with E-state index in [-0.39, 0.29) is 57.1 Å². The summed E-state index contributed by atoms with van der Waals surface area (Å²) in [7, 11) is -4.38. The van der Waals surface area contributed by atoms with Gasteiger partial charge in [-0.15, -0.1) is 0 Å². The van der Waals surface area contributed by atoms with E-state index in [9.17, 15) is 22.3 Å². The molecule has 0 aliphatic carbocycles. The molecule has 5 nitrogen and oxygen atoms in total. The molecule has 1 aliphatic rings. The van der Waals surface area contributed by atoms with Gasteiger partial charge in [0.25, 0.3) is 16.4 Å². The van der Waals surface area contributed by atoms with Crippen LogP contribution >= 0.6 is 0 Å². The molecule has 0 amide bonds. The van der Waals surface area contributed by atoms with Gasteiger partial charge in [0.15, 0.2) is 0 Å². The summed E-state index contributed by atoms with van der Waals surface area (Å²) in [4.78, 5) is -0.398. The fourth-order valence-electron chi connectivity index (χ4n) is 2.54. The molecule has 1 N–H and O–H groups in total. The minimum absolute atomic E-state index is 0. The zero-order valence-corrected chi connectivity index (χ0v) is 19.3. The van der Waals surface area contributed by atoms with Gasteiger partial charge in [0, 0.05) is 38.3 Å². The summed E-state index contributed by atoms with van der Waals surface area (Å²) in [6.45, 7) is 4.62. The summed E-state index contributed by atoms with van der Waals surface area (Å²) in [5, 5.41) is 10.4. The monoisotopic (exact) mass is 475 g/mol. The van der Waals surface area contributed by atoms with Gasteiger partial charge in [-0.2, -0.15) is 0 Å². The number of fused-ring (bicyclic) bond motifs is 1. The van der Waals surface area contributed by atoms with Crippen LogP contribution in [0.4, 0.5) is 14.7 Å². The number of rotatable bonds is 3. The van der Waals surface area contributed by atoms with Gasteiger partial charge >= 0.3 is 0 Å². The number of halogens is 2. The molecule has 0 bridgehead atoms. The topological polar surface area (TPSA) is 70.8 Å². The van der Waals surface area contributed by atoms with Crippen LogP contribution < -0.4 is 4.31 Å². The molecule has 3 rings (SSSR count). The number of hydrogen-bond acceptors (Lipinski definition) is 4. The van der Waals surface area contributed by atoms with Gasteiger partial charge < -0.3 is 17.0 Å². The molecule has 1 aliphatic heterocycles. The number of sulfonamides is 1.